The molecule has 1 fully saturated rings. The number of hydrogen-bond acceptors (Lipinski definition) is 0. The maximum atomic E-state index is 12.7. The van der Waals surface area contributed by atoms with E-state index in [1.165, 1.54) is 25.0 Å². The van der Waals surface area contributed by atoms with Crippen molar-refractivity contribution in [2.75, 3.05) is 0 Å². The molecule has 0 bridgehead atoms. The van der Waals surface area contributed by atoms with Gasteiger partial charge in [-0.3, -0.25) is 0 Å². The van der Waals surface area contributed by atoms with E-state index in [9.17, 15) is 13.2 Å². The largest absolute Gasteiger partial charge is 0.416 e. The molecule has 3 heteroatoms. The third-order valence-corrected chi connectivity index (χ3v) is 5.39. The zero-order valence-electron chi connectivity index (χ0n) is 14.0. The zero-order chi connectivity index (χ0) is 16.5. The Kier molecular flexibility index (Phi) is 4.93. The summed E-state index contributed by atoms with van der Waals surface area (Å²) in [5, 5.41) is 0. The molecule has 2 rings (SSSR count). The predicted molar refractivity (Wildman–Crippen MR) is 84.8 cm³/mol. The van der Waals surface area contributed by atoms with E-state index in [-0.39, 0.29) is 0 Å². The van der Waals surface area contributed by atoms with E-state index in [0.29, 0.717) is 23.2 Å². The van der Waals surface area contributed by atoms with Crippen LogP contribution in [0.25, 0.3) is 0 Å². The molecule has 0 heterocycles. The Morgan fingerprint density at radius 2 is 1.77 bits per heavy atom. The predicted octanol–water partition coefficient (Wildman–Crippen LogP) is 6.66. The Bertz CT molecular complexity index is 486. The third kappa shape index (κ3) is 3.49. The lowest BCUT2D eigenvalue weighted by Gasteiger charge is -2.35. The van der Waals surface area contributed by atoms with Crippen LogP contribution < -0.4 is 0 Å². The molecule has 1 aromatic rings. The van der Waals surface area contributed by atoms with Crippen LogP contribution in [0.2, 0.25) is 0 Å². The van der Waals surface area contributed by atoms with Crippen molar-refractivity contribution in [1.82, 2.24) is 0 Å². The van der Waals surface area contributed by atoms with E-state index in [1.54, 1.807) is 12.1 Å². The monoisotopic (exact) mass is 312 g/mol. The molecule has 124 valence electrons. The lowest BCUT2D eigenvalue weighted by Crippen LogP contribution is -2.26. The summed E-state index contributed by atoms with van der Waals surface area (Å²) in [7, 11) is 0. The quantitative estimate of drug-likeness (QED) is 0.583. The van der Waals surface area contributed by atoms with Crippen molar-refractivity contribution in [2.45, 2.75) is 65.5 Å². The lowest BCUT2D eigenvalue weighted by molar-refractivity contribution is -0.137. The van der Waals surface area contributed by atoms with Crippen molar-refractivity contribution in [1.29, 1.82) is 0 Å². The van der Waals surface area contributed by atoms with Gasteiger partial charge in [0.1, 0.15) is 0 Å². The first-order valence-corrected chi connectivity index (χ1v) is 8.34. The second kappa shape index (κ2) is 6.25. The molecule has 22 heavy (non-hydrogen) atoms. The third-order valence-electron chi connectivity index (χ3n) is 5.39. The molecule has 0 saturated heterocycles. The van der Waals surface area contributed by atoms with Gasteiger partial charge in [0.15, 0.2) is 0 Å². The van der Waals surface area contributed by atoms with Crippen LogP contribution >= 0.6 is 0 Å². The van der Waals surface area contributed by atoms with Crippen molar-refractivity contribution in [3.8, 4) is 0 Å². The number of benzene rings is 1. The molecule has 1 aliphatic carbocycles. The van der Waals surface area contributed by atoms with E-state index in [1.807, 2.05) is 0 Å². The first-order valence-electron chi connectivity index (χ1n) is 8.34. The fourth-order valence-corrected chi connectivity index (χ4v) is 4.64. The molecule has 1 aliphatic rings. The minimum absolute atomic E-state index is 0.316. The fraction of sp³-hybridized carbons (Fsp3) is 0.684. The highest BCUT2D eigenvalue weighted by Gasteiger charge is 2.44. The standard InChI is InChI=1S/C19H27F3/c1-5-17-16(10-11-18(17,4)12-13(2)3)14-6-8-15(9-7-14)19(20,21)22/h6-9,13,16-17H,5,10-12H2,1-4H3/t16?,17-,18-/m1/s1. The molecule has 1 saturated carbocycles. The maximum absolute atomic E-state index is 12.7. The fourth-order valence-electron chi connectivity index (χ4n) is 4.64. The molecule has 0 radical (unpaired) electrons. The topological polar surface area (TPSA) is 0 Å². The molecule has 0 aromatic heterocycles. The molecule has 0 aliphatic heterocycles. The SMILES string of the molecule is CC[C@@H]1C(c2ccc(C(F)(F)F)cc2)CC[C@]1(C)CC(C)C. The Labute approximate surface area is 132 Å². The molecule has 1 aromatic carbocycles. The second-order valence-electron chi connectivity index (χ2n) is 7.53. The van der Waals surface area contributed by atoms with Gasteiger partial charge in [-0.2, -0.15) is 13.2 Å². The average molecular weight is 312 g/mol. The highest BCUT2D eigenvalue weighted by molar-refractivity contribution is 5.29. The van der Waals surface area contributed by atoms with Crippen LogP contribution in [0.5, 0.6) is 0 Å². The number of alkyl halides is 3. The molecule has 0 nitrogen and oxygen atoms in total. The summed E-state index contributed by atoms with van der Waals surface area (Å²) in [4.78, 5) is 0. The maximum Gasteiger partial charge on any atom is 0.416 e. The Hall–Kier alpha value is -0.990. The second-order valence-corrected chi connectivity index (χ2v) is 7.53. The molecule has 0 N–H and O–H groups in total. The molecule has 0 amide bonds. The molecular formula is C19H27F3. The highest BCUT2D eigenvalue weighted by atomic mass is 19.4. The van der Waals surface area contributed by atoms with E-state index in [0.717, 1.165) is 18.4 Å². The molecule has 3 atom stereocenters. The van der Waals surface area contributed by atoms with Crippen LogP contribution in [-0.2, 0) is 6.18 Å². The number of halogens is 3. The molecule has 1 unspecified atom stereocenters. The normalized spacial score (nSPS) is 29.3. The van der Waals surface area contributed by atoms with Crippen molar-refractivity contribution in [2.24, 2.45) is 17.3 Å². The summed E-state index contributed by atoms with van der Waals surface area (Å²) in [5.41, 5.74) is 0.843. The van der Waals surface area contributed by atoms with Crippen molar-refractivity contribution < 1.29 is 13.2 Å². The summed E-state index contributed by atoms with van der Waals surface area (Å²) in [6, 6.07) is 5.86. The summed E-state index contributed by atoms with van der Waals surface area (Å²) in [6.45, 7) is 9.09. The minimum atomic E-state index is -4.25. The summed E-state index contributed by atoms with van der Waals surface area (Å²) in [6.07, 6.45) is 0.310. The first-order chi connectivity index (χ1) is 10.2. The van der Waals surface area contributed by atoms with E-state index >= 15 is 0 Å². The smallest absolute Gasteiger partial charge is 0.166 e. The van der Waals surface area contributed by atoms with E-state index in [4.69, 9.17) is 0 Å². The lowest BCUT2D eigenvalue weighted by atomic mass is 9.70. The zero-order valence-corrected chi connectivity index (χ0v) is 14.0. The molecular weight excluding hydrogens is 285 g/mol. The van der Waals surface area contributed by atoms with Gasteiger partial charge in [0.25, 0.3) is 0 Å². The van der Waals surface area contributed by atoms with Crippen LogP contribution in [0, 0.1) is 17.3 Å². The van der Waals surface area contributed by atoms with Crippen molar-refractivity contribution >= 4 is 0 Å². The summed E-state index contributed by atoms with van der Waals surface area (Å²) in [5.74, 6) is 1.62. The van der Waals surface area contributed by atoms with Gasteiger partial charge < -0.3 is 0 Å². The Balaban J connectivity index is 2.22. The van der Waals surface area contributed by atoms with Crippen molar-refractivity contribution in [3.05, 3.63) is 35.4 Å². The molecule has 0 spiro atoms. The van der Waals surface area contributed by atoms with Crippen LogP contribution in [0.1, 0.15) is 70.4 Å². The van der Waals surface area contributed by atoms with Gasteiger partial charge in [0.2, 0.25) is 0 Å². The van der Waals surface area contributed by atoms with Gasteiger partial charge in [-0.05, 0) is 60.1 Å². The Morgan fingerprint density at radius 3 is 2.23 bits per heavy atom. The van der Waals surface area contributed by atoms with Crippen LogP contribution in [0.15, 0.2) is 24.3 Å². The van der Waals surface area contributed by atoms with E-state index in [2.05, 4.69) is 27.7 Å². The first kappa shape index (κ1) is 17.4. The van der Waals surface area contributed by atoms with Gasteiger partial charge >= 0.3 is 6.18 Å². The van der Waals surface area contributed by atoms with Gasteiger partial charge in [-0.15, -0.1) is 0 Å². The summed E-state index contributed by atoms with van der Waals surface area (Å²) < 4.78 is 38.1. The van der Waals surface area contributed by atoms with Crippen LogP contribution in [-0.4, -0.2) is 0 Å². The highest BCUT2D eigenvalue weighted by Crippen LogP contribution is 2.55. The van der Waals surface area contributed by atoms with Crippen molar-refractivity contribution in [3.63, 3.8) is 0 Å². The van der Waals surface area contributed by atoms with Crippen LogP contribution in [0.3, 0.4) is 0 Å². The van der Waals surface area contributed by atoms with Gasteiger partial charge in [0, 0.05) is 0 Å². The number of rotatable bonds is 4. The van der Waals surface area contributed by atoms with Gasteiger partial charge in [-0.25, -0.2) is 0 Å². The van der Waals surface area contributed by atoms with Gasteiger partial charge in [0.05, 0.1) is 5.56 Å². The minimum Gasteiger partial charge on any atom is -0.166 e. The summed E-state index contributed by atoms with van der Waals surface area (Å²) >= 11 is 0. The van der Waals surface area contributed by atoms with Gasteiger partial charge in [-0.1, -0.05) is 46.2 Å². The number of hydrogen-bond donors (Lipinski definition) is 0. The Morgan fingerprint density at radius 1 is 1.18 bits per heavy atom. The van der Waals surface area contributed by atoms with E-state index < -0.39 is 11.7 Å². The van der Waals surface area contributed by atoms with Crippen LogP contribution in [0.4, 0.5) is 13.2 Å². The average Bonchev–Trinajstić information content (AvgIpc) is 2.73.